The predicted octanol–water partition coefficient (Wildman–Crippen LogP) is 4.60. The molecule has 3 rings (SSSR count). The number of nitrogens with one attached hydrogen (secondary N) is 1. The Hall–Kier alpha value is -3.36. The van der Waals surface area contributed by atoms with Crippen molar-refractivity contribution in [2.75, 3.05) is 5.32 Å². The summed E-state index contributed by atoms with van der Waals surface area (Å²) in [5, 5.41) is 10.6. The summed E-state index contributed by atoms with van der Waals surface area (Å²) < 4.78 is 30.9. The number of rotatable bonds is 5. The highest BCUT2D eigenvalue weighted by Crippen LogP contribution is 2.19. The second-order valence-electron chi connectivity index (χ2n) is 5.54. The molecule has 0 aliphatic rings. The van der Waals surface area contributed by atoms with E-state index in [1.807, 2.05) is 30.3 Å². The molecule has 0 fully saturated rings. The van der Waals surface area contributed by atoms with E-state index in [-0.39, 0.29) is 10.6 Å². The van der Waals surface area contributed by atoms with Gasteiger partial charge in [0.1, 0.15) is 0 Å². The second-order valence-corrected chi connectivity index (χ2v) is 6.96. The maximum absolute atomic E-state index is 12.1. The normalized spacial score (nSPS) is 11.4. The van der Waals surface area contributed by atoms with Gasteiger partial charge in [-0.25, -0.2) is 0 Å². The van der Waals surface area contributed by atoms with Gasteiger partial charge in [0.15, 0.2) is 0 Å². The van der Waals surface area contributed by atoms with Gasteiger partial charge in [-0.15, -0.1) is 10.2 Å². The molecule has 2 N–H and O–H groups in total. The SMILES string of the molecule is O=C(N=Nc1ccc(S(=O)(=O)O)cc1)c1ccc(Nc2ccccc2)cc1. The Labute approximate surface area is 156 Å². The van der Waals surface area contributed by atoms with E-state index < -0.39 is 16.0 Å². The molecule has 1 amide bonds. The first kappa shape index (κ1) is 18.4. The third-order valence-corrected chi connectivity index (χ3v) is 4.45. The van der Waals surface area contributed by atoms with E-state index in [0.717, 1.165) is 11.4 Å². The fourth-order valence-corrected chi connectivity index (χ4v) is 2.71. The lowest BCUT2D eigenvalue weighted by Gasteiger charge is -2.06. The lowest BCUT2D eigenvalue weighted by Crippen LogP contribution is -1.96. The van der Waals surface area contributed by atoms with Gasteiger partial charge in [-0.05, 0) is 60.7 Å². The van der Waals surface area contributed by atoms with Crippen molar-refractivity contribution >= 4 is 33.1 Å². The van der Waals surface area contributed by atoms with E-state index in [2.05, 4.69) is 15.5 Å². The van der Waals surface area contributed by atoms with Crippen LogP contribution in [0, 0.1) is 0 Å². The van der Waals surface area contributed by atoms with E-state index in [9.17, 15) is 13.2 Å². The summed E-state index contributed by atoms with van der Waals surface area (Å²) in [6, 6.07) is 21.5. The van der Waals surface area contributed by atoms with Crippen molar-refractivity contribution in [3.8, 4) is 0 Å². The van der Waals surface area contributed by atoms with Gasteiger partial charge in [0, 0.05) is 16.9 Å². The Balaban J connectivity index is 1.66. The monoisotopic (exact) mass is 381 g/mol. The van der Waals surface area contributed by atoms with Crippen LogP contribution in [0.4, 0.5) is 17.1 Å². The summed E-state index contributed by atoms with van der Waals surface area (Å²) in [7, 11) is -4.27. The van der Waals surface area contributed by atoms with Gasteiger partial charge >= 0.3 is 0 Å². The number of nitrogens with zero attached hydrogens (tertiary/aromatic N) is 2. The Bertz CT molecular complexity index is 1060. The number of azo groups is 1. The Morgan fingerprint density at radius 2 is 1.41 bits per heavy atom. The smallest absolute Gasteiger partial charge is 0.295 e. The molecule has 0 aliphatic heterocycles. The molecule has 0 saturated carbocycles. The fraction of sp³-hybridized carbons (Fsp3) is 0. The Morgan fingerprint density at radius 1 is 0.815 bits per heavy atom. The summed E-state index contributed by atoms with van der Waals surface area (Å²) in [6.45, 7) is 0. The molecule has 3 aromatic rings. The number of benzene rings is 3. The first-order chi connectivity index (χ1) is 12.9. The van der Waals surface area contributed by atoms with Crippen LogP contribution >= 0.6 is 0 Å². The highest BCUT2D eigenvalue weighted by molar-refractivity contribution is 7.85. The van der Waals surface area contributed by atoms with E-state index in [1.54, 1.807) is 24.3 Å². The van der Waals surface area contributed by atoms with Crippen LogP contribution in [0.3, 0.4) is 0 Å². The maximum atomic E-state index is 12.1. The molecular weight excluding hydrogens is 366 g/mol. The van der Waals surface area contributed by atoms with Crippen molar-refractivity contribution in [2.45, 2.75) is 4.90 Å². The molecule has 0 heterocycles. The van der Waals surface area contributed by atoms with E-state index in [4.69, 9.17) is 4.55 Å². The minimum Gasteiger partial charge on any atom is -0.356 e. The number of carbonyl (C=O) groups excluding carboxylic acids is 1. The number of carbonyl (C=O) groups is 1. The molecule has 7 nitrogen and oxygen atoms in total. The highest BCUT2D eigenvalue weighted by atomic mass is 32.2. The highest BCUT2D eigenvalue weighted by Gasteiger charge is 2.09. The Kier molecular flexibility index (Phi) is 5.39. The van der Waals surface area contributed by atoms with Crippen molar-refractivity contribution in [2.24, 2.45) is 10.2 Å². The van der Waals surface area contributed by atoms with E-state index in [0.29, 0.717) is 5.56 Å². The van der Waals surface area contributed by atoms with Gasteiger partial charge in [-0.2, -0.15) is 8.42 Å². The predicted molar refractivity (Wildman–Crippen MR) is 101 cm³/mol. The quantitative estimate of drug-likeness (QED) is 0.496. The Morgan fingerprint density at radius 3 is 2.00 bits per heavy atom. The summed E-state index contributed by atoms with van der Waals surface area (Å²) in [6.07, 6.45) is 0. The molecule has 136 valence electrons. The van der Waals surface area contributed by atoms with E-state index >= 15 is 0 Å². The number of hydrogen-bond acceptors (Lipinski definition) is 5. The zero-order chi connectivity index (χ0) is 19.3. The zero-order valence-electron chi connectivity index (χ0n) is 14.0. The van der Waals surface area contributed by atoms with Crippen molar-refractivity contribution in [3.05, 3.63) is 84.4 Å². The molecule has 0 atom stereocenters. The molecule has 0 aliphatic carbocycles. The first-order valence-electron chi connectivity index (χ1n) is 7.87. The number of anilines is 2. The van der Waals surface area contributed by atoms with Crippen LogP contribution in [-0.4, -0.2) is 18.9 Å². The van der Waals surface area contributed by atoms with Crippen molar-refractivity contribution in [1.29, 1.82) is 0 Å². The minimum absolute atomic E-state index is 0.255. The van der Waals surface area contributed by atoms with Gasteiger partial charge in [0.25, 0.3) is 16.0 Å². The summed E-state index contributed by atoms with van der Waals surface area (Å²) in [5.74, 6) is -0.528. The number of para-hydroxylation sites is 1. The third kappa shape index (κ3) is 5.06. The minimum atomic E-state index is -4.27. The molecule has 0 bridgehead atoms. The summed E-state index contributed by atoms with van der Waals surface area (Å²) in [4.78, 5) is 11.8. The average molecular weight is 381 g/mol. The third-order valence-electron chi connectivity index (χ3n) is 3.59. The lowest BCUT2D eigenvalue weighted by atomic mass is 10.2. The first-order valence-corrected chi connectivity index (χ1v) is 9.31. The molecule has 8 heteroatoms. The molecular formula is C19H15N3O4S. The van der Waals surface area contributed by atoms with Crippen LogP contribution in [0.2, 0.25) is 0 Å². The second kappa shape index (κ2) is 7.90. The molecule has 0 spiro atoms. The van der Waals surface area contributed by atoms with Crippen LogP contribution in [0.5, 0.6) is 0 Å². The van der Waals surface area contributed by atoms with Gasteiger partial charge < -0.3 is 5.32 Å². The molecule has 0 aromatic heterocycles. The van der Waals surface area contributed by atoms with Crippen molar-refractivity contribution in [3.63, 3.8) is 0 Å². The number of amides is 1. The molecule has 27 heavy (non-hydrogen) atoms. The molecule has 0 unspecified atom stereocenters. The molecule has 3 aromatic carbocycles. The van der Waals surface area contributed by atoms with E-state index in [1.165, 1.54) is 24.3 Å². The van der Waals surface area contributed by atoms with Gasteiger partial charge in [0.05, 0.1) is 10.6 Å². The zero-order valence-corrected chi connectivity index (χ0v) is 14.8. The van der Waals surface area contributed by atoms with Crippen LogP contribution in [0.1, 0.15) is 10.4 Å². The standard InChI is InChI=1S/C19H15N3O4S/c23-19(22-21-17-10-12-18(13-11-17)27(24,25)26)14-6-8-16(9-7-14)20-15-4-2-1-3-5-15/h1-13,20H,(H,24,25,26). The van der Waals surface area contributed by atoms with Gasteiger partial charge in [-0.3, -0.25) is 9.35 Å². The largest absolute Gasteiger partial charge is 0.356 e. The van der Waals surface area contributed by atoms with Crippen molar-refractivity contribution in [1.82, 2.24) is 0 Å². The number of hydrogen-bond donors (Lipinski definition) is 2. The lowest BCUT2D eigenvalue weighted by molar-refractivity contribution is 0.0995. The summed E-state index contributed by atoms with van der Waals surface area (Å²) >= 11 is 0. The molecule has 0 radical (unpaired) electrons. The average Bonchev–Trinajstić information content (AvgIpc) is 2.67. The van der Waals surface area contributed by atoms with Crippen LogP contribution in [0.15, 0.2) is 94.0 Å². The summed E-state index contributed by atoms with van der Waals surface area (Å²) in [5.41, 5.74) is 2.42. The van der Waals surface area contributed by atoms with Gasteiger partial charge in [-0.1, -0.05) is 18.2 Å². The van der Waals surface area contributed by atoms with Crippen LogP contribution < -0.4 is 5.32 Å². The molecule has 0 saturated heterocycles. The fourth-order valence-electron chi connectivity index (χ4n) is 2.23. The van der Waals surface area contributed by atoms with Gasteiger partial charge in [0.2, 0.25) is 0 Å². The maximum Gasteiger partial charge on any atom is 0.295 e. The topological polar surface area (TPSA) is 108 Å². The van der Waals surface area contributed by atoms with Crippen LogP contribution in [0.25, 0.3) is 0 Å². The van der Waals surface area contributed by atoms with Crippen molar-refractivity contribution < 1.29 is 17.8 Å². The van der Waals surface area contributed by atoms with Crippen LogP contribution in [-0.2, 0) is 10.1 Å².